The summed E-state index contributed by atoms with van der Waals surface area (Å²) in [5.74, 6) is 2.94. The first-order valence-electron chi connectivity index (χ1n) is 7.84. The molecule has 1 unspecified atom stereocenters. The van der Waals surface area contributed by atoms with Crippen LogP contribution in [-0.2, 0) is 12.8 Å². The molecular formula is C15H24N4S. The maximum Gasteiger partial charge on any atom is 0.156 e. The zero-order chi connectivity index (χ0) is 13.9. The highest BCUT2D eigenvalue weighted by Gasteiger charge is 2.30. The van der Waals surface area contributed by atoms with Crippen molar-refractivity contribution in [2.45, 2.75) is 51.5 Å². The van der Waals surface area contributed by atoms with Gasteiger partial charge in [-0.25, -0.2) is 9.97 Å². The number of rotatable bonds is 3. The highest BCUT2D eigenvalue weighted by atomic mass is 32.1. The molecule has 1 fully saturated rings. The maximum absolute atomic E-state index is 4.83. The standard InChI is InChI=1S/C15H24N4S/c1-2-13-17-12(7-9-20)14-15(18-13)19-8-5-3-4-6-11(19)10-16-14/h11,16,20H,2-10H2,1H3. The quantitative estimate of drug-likeness (QED) is 0.841. The molecule has 1 aromatic heterocycles. The third kappa shape index (κ3) is 2.60. The molecule has 2 aliphatic rings. The first kappa shape index (κ1) is 14.0. The Hall–Kier alpha value is -0.970. The van der Waals surface area contributed by atoms with Gasteiger partial charge < -0.3 is 10.2 Å². The highest BCUT2D eigenvalue weighted by molar-refractivity contribution is 7.80. The van der Waals surface area contributed by atoms with Gasteiger partial charge in [0.2, 0.25) is 0 Å². The van der Waals surface area contributed by atoms with Gasteiger partial charge in [0.1, 0.15) is 5.82 Å². The van der Waals surface area contributed by atoms with Gasteiger partial charge in [0.25, 0.3) is 0 Å². The van der Waals surface area contributed by atoms with Crippen molar-refractivity contribution in [3.05, 3.63) is 11.5 Å². The van der Waals surface area contributed by atoms with Crippen LogP contribution in [0.5, 0.6) is 0 Å². The molecule has 0 spiro atoms. The lowest BCUT2D eigenvalue weighted by molar-refractivity contribution is 0.574. The van der Waals surface area contributed by atoms with Crippen LogP contribution >= 0.6 is 12.6 Å². The van der Waals surface area contributed by atoms with Gasteiger partial charge in [-0.15, -0.1) is 0 Å². The van der Waals surface area contributed by atoms with Gasteiger partial charge in [-0.05, 0) is 18.6 Å². The number of nitrogens with one attached hydrogen (secondary N) is 1. The molecule has 3 rings (SSSR count). The Kier molecular flexibility index (Phi) is 4.34. The summed E-state index contributed by atoms with van der Waals surface area (Å²) in [6.07, 6.45) is 7.05. The number of nitrogens with zero attached hydrogens (tertiary/aromatic N) is 3. The summed E-state index contributed by atoms with van der Waals surface area (Å²) in [6, 6.07) is 0.605. The molecule has 0 aromatic carbocycles. The molecule has 4 nitrogen and oxygen atoms in total. The van der Waals surface area contributed by atoms with Gasteiger partial charge in [0, 0.05) is 32.0 Å². The van der Waals surface area contributed by atoms with Gasteiger partial charge in [0.15, 0.2) is 5.82 Å². The van der Waals surface area contributed by atoms with Crippen molar-refractivity contribution >= 4 is 24.1 Å². The predicted molar refractivity (Wildman–Crippen MR) is 87.1 cm³/mol. The fraction of sp³-hybridized carbons (Fsp3) is 0.733. The average Bonchev–Trinajstić information content (AvgIpc) is 2.72. The minimum atomic E-state index is 0.605. The zero-order valence-electron chi connectivity index (χ0n) is 12.2. The summed E-state index contributed by atoms with van der Waals surface area (Å²) >= 11 is 4.37. The second-order valence-electron chi connectivity index (χ2n) is 5.69. The lowest BCUT2D eigenvalue weighted by Gasteiger charge is -2.38. The summed E-state index contributed by atoms with van der Waals surface area (Å²) < 4.78 is 0. The van der Waals surface area contributed by atoms with E-state index in [0.717, 1.165) is 54.7 Å². The van der Waals surface area contributed by atoms with Gasteiger partial charge in [-0.1, -0.05) is 19.8 Å². The average molecular weight is 292 g/mol. The van der Waals surface area contributed by atoms with Gasteiger partial charge in [0.05, 0.1) is 11.4 Å². The van der Waals surface area contributed by atoms with Crippen molar-refractivity contribution in [1.29, 1.82) is 0 Å². The van der Waals surface area contributed by atoms with Crippen LogP contribution in [0.3, 0.4) is 0 Å². The fourth-order valence-electron chi connectivity index (χ4n) is 3.27. The monoisotopic (exact) mass is 292 g/mol. The predicted octanol–water partition coefficient (Wildman–Crippen LogP) is 2.69. The smallest absolute Gasteiger partial charge is 0.156 e. The van der Waals surface area contributed by atoms with E-state index in [1.54, 1.807) is 0 Å². The number of hydrogen-bond acceptors (Lipinski definition) is 5. The van der Waals surface area contributed by atoms with Crippen molar-refractivity contribution in [3.8, 4) is 0 Å². The Morgan fingerprint density at radius 2 is 2.20 bits per heavy atom. The van der Waals surface area contributed by atoms with Crippen LogP contribution in [0.2, 0.25) is 0 Å². The van der Waals surface area contributed by atoms with Crippen LogP contribution in [0.15, 0.2) is 0 Å². The highest BCUT2D eigenvalue weighted by Crippen LogP contribution is 2.35. The Labute approximate surface area is 126 Å². The van der Waals surface area contributed by atoms with Crippen LogP contribution < -0.4 is 10.2 Å². The molecule has 1 saturated heterocycles. The molecule has 2 aliphatic heterocycles. The van der Waals surface area contributed by atoms with E-state index in [4.69, 9.17) is 9.97 Å². The van der Waals surface area contributed by atoms with Crippen molar-refractivity contribution in [1.82, 2.24) is 9.97 Å². The van der Waals surface area contributed by atoms with E-state index in [1.807, 2.05) is 0 Å². The van der Waals surface area contributed by atoms with Crippen LogP contribution in [0.25, 0.3) is 0 Å². The van der Waals surface area contributed by atoms with Crippen molar-refractivity contribution < 1.29 is 0 Å². The Bertz CT molecular complexity index is 477. The van der Waals surface area contributed by atoms with Crippen molar-refractivity contribution in [2.75, 3.05) is 29.1 Å². The second kappa shape index (κ2) is 6.20. The van der Waals surface area contributed by atoms with Gasteiger partial charge in [-0.2, -0.15) is 12.6 Å². The summed E-state index contributed by atoms with van der Waals surface area (Å²) in [5, 5.41) is 3.59. The van der Waals surface area contributed by atoms with Crippen molar-refractivity contribution in [2.24, 2.45) is 0 Å². The molecule has 3 heterocycles. The Morgan fingerprint density at radius 1 is 1.30 bits per heavy atom. The molecule has 0 radical (unpaired) electrons. The molecule has 1 atom stereocenters. The van der Waals surface area contributed by atoms with Crippen LogP contribution in [0.1, 0.15) is 44.1 Å². The largest absolute Gasteiger partial charge is 0.378 e. The van der Waals surface area contributed by atoms with E-state index in [9.17, 15) is 0 Å². The normalized spacial score (nSPS) is 21.7. The van der Waals surface area contributed by atoms with E-state index in [1.165, 1.54) is 25.7 Å². The number of aryl methyl sites for hydroxylation is 2. The van der Waals surface area contributed by atoms with E-state index in [-0.39, 0.29) is 0 Å². The maximum atomic E-state index is 4.83. The summed E-state index contributed by atoms with van der Waals surface area (Å²) in [6.45, 7) is 4.30. The van der Waals surface area contributed by atoms with Crippen LogP contribution in [-0.4, -0.2) is 34.9 Å². The molecule has 110 valence electrons. The molecule has 0 aliphatic carbocycles. The van der Waals surface area contributed by atoms with Gasteiger partial charge >= 0.3 is 0 Å². The van der Waals surface area contributed by atoms with Crippen LogP contribution in [0, 0.1) is 0 Å². The number of hydrogen-bond donors (Lipinski definition) is 2. The minimum absolute atomic E-state index is 0.605. The summed E-state index contributed by atoms with van der Waals surface area (Å²) in [4.78, 5) is 12.1. The second-order valence-corrected chi connectivity index (χ2v) is 6.14. The van der Waals surface area contributed by atoms with E-state index >= 15 is 0 Å². The molecular weight excluding hydrogens is 268 g/mol. The summed E-state index contributed by atoms with van der Waals surface area (Å²) in [7, 11) is 0. The van der Waals surface area contributed by atoms with Crippen LogP contribution in [0.4, 0.5) is 11.5 Å². The fourth-order valence-corrected chi connectivity index (χ4v) is 3.48. The Balaban J connectivity index is 2.02. The molecule has 1 N–H and O–H groups in total. The number of aromatic nitrogens is 2. The van der Waals surface area contributed by atoms with E-state index < -0.39 is 0 Å². The topological polar surface area (TPSA) is 41.1 Å². The lowest BCUT2D eigenvalue weighted by atomic mass is 10.1. The molecule has 1 aromatic rings. The molecule has 0 saturated carbocycles. The minimum Gasteiger partial charge on any atom is -0.378 e. The van der Waals surface area contributed by atoms with Crippen molar-refractivity contribution in [3.63, 3.8) is 0 Å². The van der Waals surface area contributed by atoms with E-state index in [2.05, 4.69) is 29.8 Å². The molecule has 20 heavy (non-hydrogen) atoms. The third-order valence-electron chi connectivity index (χ3n) is 4.34. The molecule has 5 heteroatoms. The lowest BCUT2D eigenvalue weighted by Crippen LogP contribution is -2.44. The third-order valence-corrected chi connectivity index (χ3v) is 4.56. The van der Waals surface area contributed by atoms with Gasteiger partial charge in [-0.3, -0.25) is 0 Å². The SMILES string of the molecule is CCc1nc(CCS)c2c(n1)N1CCCCCC1CN2. The number of fused-ring (bicyclic) bond motifs is 3. The van der Waals surface area contributed by atoms with E-state index in [0.29, 0.717) is 6.04 Å². The Morgan fingerprint density at radius 3 is 3.00 bits per heavy atom. The first-order chi connectivity index (χ1) is 9.83. The molecule has 0 bridgehead atoms. The molecule has 0 amide bonds. The summed E-state index contributed by atoms with van der Waals surface area (Å²) in [5.41, 5.74) is 2.30. The zero-order valence-corrected chi connectivity index (χ0v) is 13.1. The number of thiol groups is 1. The number of anilines is 2. The first-order valence-corrected chi connectivity index (χ1v) is 8.48.